The van der Waals surface area contributed by atoms with Crippen LogP contribution in [0, 0.1) is 0 Å². The third kappa shape index (κ3) is 9.39. The van der Waals surface area contributed by atoms with Gasteiger partial charge in [-0.05, 0) is 33.9 Å². The fourth-order valence-corrected chi connectivity index (χ4v) is 1.59. The molecule has 0 rings (SSSR count). The van der Waals surface area contributed by atoms with Crippen molar-refractivity contribution >= 4 is 5.97 Å². The maximum absolute atomic E-state index is 11.0. The van der Waals surface area contributed by atoms with E-state index in [4.69, 9.17) is 9.84 Å². The van der Waals surface area contributed by atoms with Gasteiger partial charge in [0.1, 0.15) is 6.04 Å². The number of carboxylic acids is 1. The van der Waals surface area contributed by atoms with Crippen LogP contribution in [0.15, 0.2) is 0 Å². The lowest BCUT2D eigenvalue weighted by molar-refractivity contribution is -0.139. The highest BCUT2D eigenvalue weighted by Crippen LogP contribution is 1.98. The zero-order valence-electron chi connectivity index (χ0n) is 12.3. The van der Waals surface area contributed by atoms with E-state index in [0.717, 1.165) is 13.1 Å². The molecule has 0 amide bonds. The molecule has 0 spiro atoms. The quantitative estimate of drug-likeness (QED) is 0.618. The molecular formula is C13H28N2O3. The van der Waals surface area contributed by atoms with Crippen molar-refractivity contribution in [1.82, 2.24) is 10.2 Å². The third-order valence-corrected chi connectivity index (χ3v) is 2.56. The Bertz CT molecular complexity index is 232. The second-order valence-electron chi connectivity index (χ2n) is 5.22. The molecule has 0 aromatic carbocycles. The molecule has 5 nitrogen and oxygen atoms in total. The van der Waals surface area contributed by atoms with Crippen LogP contribution in [-0.2, 0) is 9.53 Å². The van der Waals surface area contributed by atoms with Gasteiger partial charge in [0.05, 0.1) is 12.7 Å². The van der Waals surface area contributed by atoms with Crippen LogP contribution in [0.25, 0.3) is 0 Å². The SMILES string of the molecule is CC(C)NC(CCN(C)CCOC(C)C)C(=O)O. The van der Waals surface area contributed by atoms with Crippen LogP contribution in [0.3, 0.4) is 0 Å². The van der Waals surface area contributed by atoms with Crippen molar-refractivity contribution in [3.63, 3.8) is 0 Å². The monoisotopic (exact) mass is 260 g/mol. The first-order valence-electron chi connectivity index (χ1n) is 6.62. The number of aliphatic carboxylic acids is 1. The predicted molar refractivity (Wildman–Crippen MR) is 72.9 cm³/mol. The van der Waals surface area contributed by atoms with Crippen molar-refractivity contribution in [2.45, 2.75) is 52.3 Å². The van der Waals surface area contributed by atoms with Crippen molar-refractivity contribution in [2.75, 3.05) is 26.7 Å². The lowest BCUT2D eigenvalue weighted by Gasteiger charge is -2.22. The Balaban J connectivity index is 3.85. The van der Waals surface area contributed by atoms with Crippen molar-refractivity contribution in [1.29, 1.82) is 0 Å². The van der Waals surface area contributed by atoms with Gasteiger partial charge in [0.15, 0.2) is 0 Å². The Morgan fingerprint density at radius 3 is 2.33 bits per heavy atom. The molecule has 0 aliphatic rings. The van der Waals surface area contributed by atoms with Crippen molar-refractivity contribution in [3.05, 3.63) is 0 Å². The molecule has 0 aliphatic heterocycles. The first kappa shape index (κ1) is 17.4. The normalized spacial score (nSPS) is 13.6. The molecule has 0 saturated carbocycles. The summed E-state index contributed by atoms with van der Waals surface area (Å²) in [5.41, 5.74) is 0. The number of nitrogens with zero attached hydrogens (tertiary/aromatic N) is 1. The molecule has 0 aliphatic carbocycles. The molecule has 0 bridgehead atoms. The minimum Gasteiger partial charge on any atom is -0.480 e. The zero-order valence-corrected chi connectivity index (χ0v) is 12.3. The maximum Gasteiger partial charge on any atom is 0.320 e. The number of rotatable bonds is 10. The highest BCUT2D eigenvalue weighted by Gasteiger charge is 2.18. The van der Waals surface area contributed by atoms with E-state index in [0.29, 0.717) is 13.0 Å². The largest absolute Gasteiger partial charge is 0.480 e. The van der Waals surface area contributed by atoms with Crippen LogP contribution in [0.4, 0.5) is 0 Å². The number of hydrogen-bond acceptors (Lipinski definition) is 4. The highest BCUT2D eigenvalue weighted by molar-refractivity contribution is 5.73. The van der Waals surface area contributed by atoms with Crippen molar-refractivity contribution < 1.29 is 14.6 Å². The van der Waals surface area contributed by atoms with Gasteiger partial charge in [0.25, 0.3) is 0 Å². The minimum atomic E-state index is -0.782. The van der Waals surface area contributed by atoms with Crippen LogP contribution >= 0.6 is 0 Å². The highest BCUT2D eigenvalue weighted by atomic mass is 16.5. The molecular weight excluding hydrogens is 232 g/mol. The summed E-state index contributed by atoms with van der Waals surface area (Å²) in [5, 5.41) is 12.1. The van der Waals surface area contributed by atoms with Crippen LogP contribution in [0.2, 0.25) is 0 Å². The smallest absolute Gasteiger partial charge is 0.320 e. The summed E-state index contributed by atoms with van der Waals surface area (Å²) in [5.74, 6) is -0.782. The van der Waals surface area contributed by atoms with Gasteiger partial charge in [-0.3, -0.25) is 4.79 Å². The topological polar surface area (TPSA) is 61.8 Å². The second kappa shape index (κ2) is 9.30. The first-order valence-corrected chi connectivity index (χ1v) is 6.62. The molecule has 1 atom stereocenters. The van der Waals surface area contributed by atoms with E-state index < -0.39 is 12.0 Å². The van der Waals surface area contributed by atoms with Crippen LogP contribution in [0.1, 0.15) is 34.1 Å². The average molecular weight is 260 g/mol. The summed E-state index contributed by atoms with van der Waals surface area (Å²) in [6.45, 7) is 10.2. The zero-order chi connectivity index (χ0) is 14.1. The van der Waals surface area contributed by atoms with Crippen molar-refractivity contribution in [3.8, 4) is 0 Å². The van der Waals surface area contributed by atoms with Crippen molar-refractivity contribution in [2.24, 2.45) is 0 Å². The molecule has 0 saturated heterocycles. The summed E-state index contributed by atoms with van der Waals surface area (Å²) in [7, 11) is 1.98. The van der Waals surface area contributed by atoms with E-state index in [2.05, 4.69) is 10.2 Å². The maximum atomic E-state index is 11.0. The van der Waals surface area contributed by atoms with E-state index in [1.54, 1.807) is 0 Å². The predicted octanol–water partition coefficient (Wildman–Crippen LogP) is 1.18. The van der Waals surface area contributed by atoms with Gasteiger partial charge in [-0.2, -0.15) is 0 Å². The summed E-state index contributed by atoms with van der Waals surface area (Å²) >= 11 is 0. The Labute approximate surface area is 110 Å². The van der Waals surface area contributed by atoms with E-state index in [-0.39, 0.29) is 12.1 Å². The Hall–Kier alpha value is -0.650. The summed E-state index contributed by atoms with van der Waals surface area (Å²) in [6.07, 6.45) is 0.846. The number of nitrogens with one attached hydrogen (secondary N) is 1. The summed E-state index contributed by atoms with van der Waals surface area (Å²) in [4.78, 5) is 13.1. The average Bonchev–Trinajstić information content (AvgIpc) is 2.22. The number of carboxylic acid groups (broad SMARTS) is 1. The molecule has 0 heterocycles. The first-order chi connectivity index (χ1) is 8.32. The van der Waals surface area contributed by atoms with Gasteiger partial charge in [-0.1, -0.05) is 13.8 Å². The summed E-state index contributed by atoms with van der Waals surface area (Å²) in [6, 6.07) is -0.292. The number of hydrogen-bond donors (Lipinski definition) is 2. The minimum absolute atomic E-state index is 0.181. The van der Waals surface area contributed by atoms with E-state index in [9.17, 15) is 4.79 Å². The van der Waals surface area contributed by atoms with E-state index in [1.165, 1.54) is 0 Å². The third-order valence-electron chi connectivity index (χ3n) is 2.56. The number of ether oxygens (including phenoxy) is 1. The lowest BCUT2D eigenvalue weighted by atomic mass is 10.2. The Morgan fingerprint density at radius 1 is 1.28 bits per heavy atom. The standard InChI is InChI=1S/C13H28N2O3/c1-10(2)14-12(13(16)17)6-7-15(5)8-9-18-11(3)4/h10-12,14H,6-9H2,1-5H3,(H,16,17). The van der Waals surface area contributed by atoms with E-state index in [1.807, 2.05) is 34.7 Å². The number of carbonyl (C=O) groups is 1. The van der Waals surface area contributed by atoms with Crippen LogP contribution in [-0.4, -0.2) is 60.9 Å². The number of likely N-dealkylation sites (N-methyl/N-ethyl adjacent to an activating group) is 1. The fourth-order valence-electron chi connectivity index (χ4n) is 1.59. The van der Waals surface area contributed by atoms with Gasteiger partial charge in [-0.25, -0.2) is 0 Å². The molecule has 0 radical (unpaired) electrons. The molecule has 0 fully saturated rings. The molecule has 1 unspecified atom stereocenters. The van der Waals surface area contributed by atoms with Gasteiger partial charge >= 0.3 is 5.97 Å². The molecule has 18 heavy (non-hydrogen) atoms. The Morgan fingerprint density at radius 2 is 1.89 bits per heavy atom. The second-order valence-corrected chi connectivity index (χ2v) is 5.22. The van der Waals surface area contributed by atoms with Crippen LogP contribution in [0.5, 0.6) is 0 Å². The van der Waals surface area contributed by atoms with Gasteiger partial charge < -0.3 is 20.1 Å². The van der Waals surface area contributed by atoms with Gasteiger partial charge in [0.2, 0.25) is 0 Å². The molecule has 5 heteroatoms. The molecule has 2 N–H and O–H groups in total. The molecule has 0 aromatic rings. The lowest BCUT2D eigenvalue weighted by Crippen LogP contribution is -2.43. The van der Waals surface area contributed by atoms with E-state index >= 15 is 0 Å². The summed E-state index contributed by atoms with van der Waals surface area (Å²) < 4.78 is 5.46. The molecule has 0 aromatic heterocycles. The molecule has 108 valence electrons. The van der Waals surface area contributed by atoms with Crippen LogP contribution < -0.4 is 5.32 Å². The van der Waals surface area contributed by atoms with Gasteiger partial charge in [-0.15, -0.1) is 0 Å². The Kier molecular flexibility index (Phi) is 8.97. The van der Waals surface area contributed by atoms with Gasteiger partial charge in [0, 0.05) is 12.6 Å². The fraction of sp³-hybridized carbons (Fsp3) is 0.923.